The molecule has 0 aliphatic heterocycles. The summed E-state index contributed by atoms with van der Waals surface area (Å²) in [5, 5.41) is 13.5. The summed E-state index contributed by atoms with van der Waals surface area (Å²) in [4.78, 5) is 4.55. The monoisotopic (exact) mass is 273 g/mol. The molecule has 2 aromatic carbocycles. The number of para-hydroxylation sites is 1. The molecule has 0 amide bonds. The number of hydrogen-bond acceptors (Lipinski definition) is 3. The summed E-state index contributed by atoms with van der Waals surface area (Å²) in [5.74, 6) is 0.751. The molecular formula is C18H15N3. The number of nitrogens with zero attached hydrogens (tertiary/aromatic N) is 2. The minimum Gasteiger partial charge on any atom is -0.370 e. The van der Waals surface area contributed by atoms with E-state index in [0.717, 1.165) is 29.7 Å². The molecule has 0 saturated carbocycles. The van der Waals surface area contributed by atoms with Crippen LogP contribution in [0.5, 0.6) is 0 Å². The molecule has 21 heavy (non-hydrogen) atoms. The maximum Gasteiger partial charge on any atom is 0.127 e. The topological polar surface area (TPSA) is 48.7 Å². The highest BCUT2D eigenvalue weighted by molar-refractivity contribution is 5.86. The highest BCUT2D eigenvalue weighted by Gasteiger charge is 2.04. The van der Waals surface area contributed by atoms with Gasteiger partial charge in [-0.2, -0.15) is 5.26 Å². The van der Waals surface area contributed by atoms with Crippen molar-refractivity contribution < 1.29 is 0 Å². The third-order valence-electron chi connectivity index (χ3n) is 3.40. The molecule has 3 rings (SSSR count). The standard InChI is InChI=1S/C18H15N3/c19-13-15-12-18(21-17-9-5-4-8-16(15)17)20-11-10-14-6-2-1-3-7-14/h1-9,12H,10-11H2,(H,20,21). The fourth-order valence-electron chi connectivity index (χ4n) is 2.34. The smallest absolute Gasteiger partial charge is 0.127 e. The van der Waals surface area contributed by atoms with Gasteiger partial charge in [-0.3, -0.25) is 0 Å². The van der Waals surface area contributed by atoms with Crippen LogP contribution in [-0.4, -0.2) is 11.5 Å². The van der Waals surface area contributed by atoms with E-state index in [1.54, 1.807) is 0 Å². The maximum absolute atomic E-state index is 9.26. The van der Waals surface area contributed by atoms with Crippen LogP contribution < -0.4 is 5.32 Å². The third-order valence-corrected chi connectivity index (χ3v) is 3.40. The predicted octanol–water partition coefficient (Wildman–Crippen LogP) is 3.76. The molecule has 3 aromatic rings. The van der Waals surface area contributed by atoms with Gasteiger partial charge in [-0.1, -0.05) is 48.5 Å². The van der Waals surface area contributed by atoms with Gasteiger partial charge in [0, 0.05) is 11.9 Å². The van der Waals surface area contributed by atoms with Crippen LogP contribution in [0.4, 0.5) is 5.82 Å². The normalized spacial score (nSPS) is 10.2. The molecule has 0 aliphatic carbocycles. The van der Waals surface area contributed by atoms with Crippen LogP contribution in [0.1, 0.15) is 11.1 Å². The van der Waals surface area contributed by atoms with Crippen LogP contribution in [-0.2, 0) is 6.42 Å². The third kappa shape index (κ3) is 3.01. The molecule has 0 fully saturated rings. The zero-order valence-corrected chi connectivity index (χ0v) is 11.6. The van der Waals surface area contributed by atoms with Crippen LogP contribution >= 0.6 is 0 Å². The second kappa shape index (κ2) is 6.06. The molecule has 0 saturated heterocycles. The van der Waals surface area contributed by atoms with Crippen molar-refractivity contribution >= 4 is 16.7 Å². The molecule has 3 nitrogen and oxygen atoms in total. The fraction of sp³-hybridized carbons (Fsp3) is 0.111. The molecular weight excluding hydrogens is 258 g/mol. The van der Waals surface area contributed by atoms with Gasteiger partial charge in [0.25, 0.3) is 0 Å². The van der Waals surface area contributed by atoms with Gasteiger partial charge in [0.05, 0.1) is 17.1 Å². The second-order valence-corrected chi connectivity index (χ2v) is 4.85. The first-order valence-electron chi connectivity index (χ1n) is 6.94. The van der Waals surface area contributed by atoms with E-state index in [0.29, 0.717) is 5.56 Å². The first kappa shape index (κ1) is 13.1. The van der Waals surface area contributed by atoms with Crippen molar-refractivity contribution in [1.29, 1.82) is 5.26 Å². The summed E-state index contributed by atoms with van der Waals surface area (Å²) in [7, 11) is 0. The van der Waals surface area contributed by atoms with Crippen molar-refractivity contribution in [3.8, 4) is 6.07 Å². The van der Waals surface area contributed by atoms with E-state index in [1.807, 2.05) is 48.5 Å². The number of benzene rings is 2. The lowest BCUT2D eigenvalue weighted by Gasteiger charge is -2.08. The van der Waals surface area contributed by atoms with Gasteiger partial charge in [-0.05, 0) is 24.1 Å². The Morgan fingerprint density at radius 2 is 1.76 bits per heavy atom. The highest BCUT2D eigenvalue weighted by atomic mass is 15.0. The van der Waals surface area contributed by atoms with Crippen molar-refractivity contribution in [2.45, 2.75) is 6.42 Å². The van der Waals surface area contributed by atoms with Gasteiger partial charge in [0.1, 0.15) is 5.82 Å². The minimum atomic E-state index is 0.655. The molecule has 0 radical (unpaired) electrons. The summed E-state index contributed by atoms with van der Waals surface area (Å²) in [6.45, 7) is 0.792. The number of pyridine rings is 1. The van der Waals surface area contributed by atoms with Crippen molar-refractivity contribution in [2.24, 2.45) is 0 Å². The SMILES string of the molecule is N#Cc1cc(NCCc2ccccc2)nc2ccccc12. The number of hydrogen-bond donors (Lipinski definition) is 1. The molecule has 102 valence electrons. The lowest BCUT2D eigenvalue weighted by atomic mass is 10.1. The molecule has 0 aliphatic rings. The molecule has 0 atom stereocenters. The zero-order chi connectivity index (χ0) is 14.5. The Morgan fingerprint density at radius 3 is 2.57 bits per heavy atom. The molecule has 0 bridgehead atoms. The van der Waals surface area contributed by atoms with Gasteiger partial charge in [-0.15, -0.1) is 0 Å². The van der Waals surface area contributed by atoms with Crippen LogP contribution in [0.15, 0.2) is 60.7 Å². The van der Waals surface area contributed by atoms with E-state index in [-0.39, 0.29) is 0 Å². The Hall–Kier alpha value is -2.86. The van der Waals surface area contributed by atoms with E-state index in [4.69, 9.17) is 0 Å². The Bertz CT molecular complexity index is 788. The van der Waals surface area contributed by atoms with E-state index in [1.165, 1.54) is 5.56 Å². The lowest BCUT2D eigenvalue weighted by Crippen LogP contribution is -2.06. The molecule has 1 aromatic heterocycles. The molecule has 0 spiro atoms. The zero-order valence-electron chi connectivity index (χ0n) is 11.6. The van der Waals surface area contributed by atoms with Gasteiger partial charge in [0.2, 0.25) is 0 Å². The van der Waals surface area contributed by atoms with E-state index < -0.39 is 0 Å². The molecule has 0 unspecified atom stereocenters. The van der Waals surface area contributed by atoms with Gasteiger partial charge < -0.3 is 5.32 Å². The number of fused-ring (bicyclic) bond motifs is 1. The minimum absolute atomic E-state index is 0.655. The van der Waals surface area contributed by atoms with Crippen molar-refractivity contribution in [2.75, 3.05) is 11.9 Å². The Morgan fingerprint density at radius 1 is 1.00 bits per heavy atom. The Labute approximate surface area is 123 Å². The molecule has 3 heteroatoms. The van der Waals surface area contributed by atoms with Gasteiger partial charge in [0.15, 0.2) is 0 Å². The average Bonchev–Trinajstić information content (AvgIpc) is 2.55. The summed E-state index contributed by atoms with van der Waals surface area (Å²) in [6.07, 6.45) is 0.928. The van der Waals surface area contributed by atoms with Gasteiger partial charge >= 0.3 is 0 Å². The van der Waals surface area contributed by atoms with Crippen LogP contribution in [0.3, 0.4) is 0 Å². The quantitative estimate of drug-likeness (QED) is 0.787. The summed E-state index contributed by atoms with van der Waals surface area (Å²) in [5.41, 5.74) is 2.79. The number of nitrogens with one attached hydrogen (secondary N) is 1. The van der Waals surface area contributed by atoms with Crippen LogP contribution in [0.25, 0.3) is 10.9 Å². The van der Waals surface area contributed by atoms with Crippen LogP contribution in [0, 0.1) is 11.3 Å². The van der Waals surface area contributed by atoms with Crippen molar-refractivity contribution in [3.05, 3.63) is 71.8 Å². The summed E-state index contributed by atoms with van der Waals surface area (Å²) >= 11 is 0. The lowest BCUT2D eigenvalue weighted by molar-refractivity contribution is 1.01. The van der Waals surface area contributed by atoms with Gasteiger partial charge in [-0.25, -0.2) is 4.98 Å². The summed E-state index contributed by atoms with van der Waals surface area (Å²) < 4.78 is 0. The molecule has 1 N–H and O–H groups in total. The average molecular weight is 273 g/mol. The number of aromatic nitrogens is 1. The summed E-state index contributed by atoms with van der Waals surface area (Å²) in [6, 6.07) is 22.1. The fourth-order valence-corrected chi connectivity index (χ4v) is 2.34. The first-order chi connectivity index (χ1) is 10.4. The largest absolute Gasteiger partial charge is 0.370 e. The van der Waals surface area contributed by atoms with E-state index >= 15 is 0 Å². The first-order valence-corrected chi connectivity index (χ1v) is 6.94. The second-order valence-electron chi connectivity index (χ2n) is 4.85. The van der Waals surface area contributed by atoms with Crippen molar-refractivity contribution in [1.82, 2.24) is 4.98 Å². The number of nitriles is 1. The Kier molecular flexibility index (Phi) is 3.79. The highest BCUT2D eigenvalue weighted by Crippen LogP contribution is 2.19. The van der Waals surface area contributed by atoms with E-state index in [2.05, 4.69) is 28.5 Å². The maximum atomic E-state index is 9.26. The Balaban J connectivity index is 1.77. The number of anilines is 1. The molecule has 1 heterocycles. The van der Waals surface area contributed by atoms with Crippen LogP contribution in [0.2, 0.25) is 0 Å². The number of rotatable bonds is 4. The van der Waals surface area contributed by atoms with E-state index in [9.17, 15) is 5.26 Å². The van der Waals surface area contributed by atoms with Crippen molar-refractivity contribution in [3.63, 3.8) is 0 Å². The predicted molar refractivity (Wildman–Crippen MR) is 85.1 cm³/mol.